The first kappa shape index (κ1) is 17.1. The van der Waals surface area contributed by atoms with Crippen molar-refractivity contribution in [3.8, 4) is 5.75 Å². The summed E-state index contributed by atoms with van der Waals surface area (Å²) in [7, 11) is 1.63. The average Bonchev–Trinajstić information content (AvgIpc) is 2.55. The third-order valence-corrected chi connectivity index (χ3v) is 3.51. The van der Waals surface area contributed by atoms with Gasteiger partial charge in [0.25, 0.3) is 0 Å². The van der Waals surface area contributed by atoms with Gasteiger partial charge in [-0.15, -0.1) is 0 Å². The number of hydrogen-bond acceptors (Lipinski definition) is 2. The largest absolute Gasteiger partial charge is 0.497 e. The standard InChI is InChI=1S/C17H18F2N2OS/c1-22-13-7-2-5-12(11-13)6-4-10-20-17(23)21-16-14(18)8-3-9-15(16)19/h2-3,5,7-9,11H,4,6,10H2,1H3,(H2,20,21,23). The lowest BCUT2D eigenvalue weighted by atomic mass is 10.1. The Morgan fingerprint density at radius 3 is 2.52 bits per heavy atom. The maximum absolute atomic E-state index is 13.5. The molecule has 0 fully saturated rings. The van der Waals surface area contributed by atoms with Crippen molar-refractivity contribution in [2.24, 2.45) is 0 Å². The zero-order chi connectivity index (χ0) is 16.7. The molecule has 0 spiro atoms. The summed E-state index contributed by atoms with van der Waals surface area (Å²) in [6.45, 7) is 0.596. The summed E-state index contributed by atoms with van der Waals surface area (Å²) >= 11 is 5.05. The minimum atomic E-state index is -0.675. The van der Waals surface area contributed by atoms with Crippen molar-refractivity contribution in [3.63, 3.8) is 0 Å². The highest BCUT2D eigenvalue weighted by atomic mass is 32.1. The molecule has 0 radical (unpaired) electrons. The van der Waals surface area contributed by atoms with E-state index in [1.807, 2.05) is 24.3 Å². The zero-order valence-electron chi connectivity index (χ0n) is 12.7. The van der Waals surface area contributed by atoms with Crippen LogP contribution in [0.4, 0.5) is 14.5 Å². The Bertz CT molecular complexity index is 659. The van der Waals surface area contributed by atoms with E-state index in [-0.39, 0.29) is 10.8 Å². The predicted octanol–water partition coefficient (Wildman–Crippen LogP) is 3.89. The fraction of sp³-hybridized carbons (Fsp3) is 0.235. The van der Waals surface area contributed by atoms with E-state index in [1.54, 1.807) is 7.11 Å². The van der Waals surface area contributed by atoms with E-state index in [9.17, 15) is 8.78 Å². The monoisotopic (exact) mass is 336 g/mol. The number of ether oxygens (including phenoxy) is 1. The van der Waals surface area contributed by atoms with Crippen LogP contribution in [0.1, 0.15) is 12.0 Å². The van der Waals surface area contributed by atoms with Crippen LogP contribution in [-0.4, -0.2) is 18.8 Å². The second-order valence-corrected chi connectivity index (χ2v) is 5.34. The van der Waals surface area contributed by atoms with Gasteiger partial charge in [-0.3, -0.25) is 0 Å². The molecule has 0 bridgehead atoms. The summed E-state index contributed by atoms with van der Waals surface area (Å²) in [6, 6.07) is 11.5. The van der Waals surface area contributed by atoms with E-state index in [0.717, 1.165) is 24.2 Å². The third kappa shape index (κ3) is 5.17. The molecule has 0 aliphatic carbocycles. The Hall–Kier alpha value is -2.21. The molecular weight excluding hydrogens is 318 g/mol. The van der Waals surface area contributed by atoms with Crippen molar-refractivity contribution in [2.45, 2.75) is 12.8 Å². The molecule has 0 unspecified atom stereocenters. The molecule has 0 aliphatic rings. The first-order valence-corrected chi connectivity index (χ1v) is 7.63. The molecule has 6 heteroatoms. The summed E-state index contributed by atoms with van der Waals surface area (Å²) in [6.07, 6.45) is 1.68. The fourth-order valence-corrected chi connectivity index (χ4v) is 2.30. The van der Waals surface area contributed by atoms with E-state index in [2.05, 4.69) is 10.6 Å². The molecule has 2 aromatic rings. The highest BCUT2D eigenvalue weighted by Crippen LogP contribution is 2.17. The summed E-state index contributed by atoms with van der Waals surface area (Å²) in [5.74, 6) is -0.529. The number of benzene rings is 2. The Morgan fingerprint density at radius 2 is 1.83 bits per heavy atom. The van der Waals surface area contributed by atoms with Gasteiger partial charge in [-0.1, -0.05) is 18.2 Å². The van der Waals surface area contributed by atoms with E-state index >= 15 is 0 Å². The number of para-hydroxylation sites is 1. The molecule has 0 heterocycles. The Labute approximate surface area is 139 Å². The molecule has 0 atom stereocenters. The van der Waals surface area contributed by atoms with Crippen LogP contribution in [0.25, 0.3) is 0 Å². The second kappa shape index (κ2) is 8.43. The fourth-order valence-electron chi connectivity index (χ4n) is 2.10. The zero-order valence-corrected chi connectivity index (χ0v) is 13.6. The SMILES string of the molecule is COc1cccc(CCCNC(=S)Nc2c(F)cccc2F)c1. The highest BCUT2D eigenvalue weighted by molar-refractivity contribution is 7.80. The van der Waals surface area contributed by atoms with Crippen molar-refractivity contribution < 1.29 is 13.5 Å². The molecule has 0 amide bonds. The number of thiocarbonyl (C=S) groups is 1. The van der Waals surface area contributed by atoms with Crippen LogP contribution in [-0.2, 0) is 6.42 Å². The van der Waals surface area contributed by atoms with E-state index in [0.29, 0.717) is 6.54 Å². The topological polar surface area (TPSA) is 33.3 Å². The molecule has 23 heavy (non-hydrogen) atoms. The lowest BCUT2D eigenvalue weighted by Gasteiger charge is -2.12. The van der Waals surface area contributed by atoms with Crippen LogP contribution in [0, 0.1) is 11.6 Å². The first-order chi connectivity index (χ1) is 11.1. The summed E-state index contributed by atoms with van der Waals surface area (Å²) < 4.78 is 32.2. The van der Waals surface area contributed by atoms with Gasteiger partial charge in [0.05, 0.1) is 7.11 Å². The second-order valence-electron chi connectivity index (χ2n) is 4.93. The molecule has 0 saturated carbocycles. The minimum absolute atomic E-state index is 0.194. The van der Waals surface area contributed by atoms with Crippen molar-refractivity contribution in [3.05, 3.63) is 59.7 Å². The van der Waals surface area contributed by atoms with E-state index < -0.39 is 11.6 Å². The summed E-state index contributed by atoms with van der Waals surface area (Å²) in [4.78, 5) is 0. The maximum atomic E-state index is 13.5. The average molecular weight is 336 g/mol. The summed E-state index contributed by atoms with van der Waals surface area (Å²) in [5.41, 5.74) is 0.919. The minimum Gasteiger partial charge on any atom is -0.497 e. The maximum Gasteiger partial charge on any atom is 0.170 e. The van der Waals surface area contributed by atoms with Gasteiger partial charge >= 0.3 is 0 Å². The normalized spacial score (nSPS) is 10.2. The molecule has 2 N–H and O–H groups in total. The van der Waals surface area contributed by atoms with E-state index in [4.69, 9.17) is 17.0 Å². The van der Waals surface area contributed by atoms with Gasteiger partial charge in [-0.05, 0) is 54.9 Å². The van der Waals surface area contributed by atoms with Gasteiger partial charge in [0.1, 0.15) is 23.1 Å². The van der Waals surface area contributed by atoms with Gasteiger partial charge in [0, 0.05) is 6.54 Å². The lowest BCUT2D eigenvalue weighted by Crippen LogP contribution is -2.30. The molecule has 0 aromatic heterocycles. The van der Waals surface area contributed by atoms with Gasteiger partial charge in [-0.2, -0.15) is 0 Å². The number of halogens is 2. The molecule has 0 saturated heterocycles. The highest BCUT2D eigenvalue weighted by Gasteiger charge is 2.09. The molecule has 2 aromatic carbocycles. The number of hydrogen-bond donors (Lipinski definition) is 2. The predicted molar refractivity (Wildman–Crippen MR) is 91.9 cm³/mol. The van der Waals surface area contributed by atoms with Crippen molar-refractivity contribution in [1.82, 2.24) is 5.32 Å². The first-order valence-electron chi connectivity index (χ1n) is 7.22. The molecule has 0 aliphatic heterocycles. The molecule has 3 nitrogen and oxygen atoms in total. The van der Waals surface area contributed by atoms with E-state index in [1.165, 1.54) is 18.2 Å². The third-order valence-electron chi connectivity index (χ3n) is 3.26. The van der Waals surface area contributed by atoms with Crippen LogP contribution in [0.15, 0.2) is 42.5 Å². The number of nitrogens with one attached hydrogen (secondary N) is 2. The number of anilines is 1. The number of methoxy groups -OCH3 is 1. The van der Waals surface area contributed by atoms with Gasteiger partial charge < -0.3 is 15.4 Å². The van der Waals surface area contributed by atoms with Crippen molar-refractivity contribution >= 4 is 23.0 Å². The molecule has 122 valence electrons. The smallest absolute Gasteiger partial charge is 0.170 e. The van der Waals surface area contributed by atoms with Gasteiger partial charge in [0.2, 0.25) is 0 Å². The number of rotatable bonds is 6. The number of aryl methyl sites for hydroxylation is 1. The van der Waals surface area contributed by atoms with Gasteiger partial charge in [0.15, 0.2) is 5.11 Å². The Kier molecular flexibility index (Phi) is 6.29. The van der Waals surface area contributed by atoms with Crippen LogP contribution >= 0.6 is 12.2 Å². The quantitative estimate of drug-likeness (QED) is 0.619. The van der Waals surface area contributed by atoms with Crippen LogP contribution in [0.2, 0.25) is 0 Å². The molecular formula is C17H18F2N2OS. The summed E-state index contributed by atoms with van der Waals surface area (Å²) in [5, 5.41) is 5.68. The van der Waals surface area contributed by atoms with Crippen LogP contribution < -0.4 is 15.4 Å². The van der Waals surface area contributed by atoms with Crippen LogP contribution in [0.3, 0.4) is 0 Å². The van der Waals surface area contributed by atoms with Crippen molar-refractivity contribution in [1.29, 1.82) is 0 Å². The Balaban J connectivity index is 1.76. The molecule has 2 rings (SSSR count). The Morgan fingerprint density at radius 1 is 1.13 bits per heavy atom. The lowest BCUT2D eigenvalue weighted by molar-refractivity contribution is 0.414. The van der Waals surface area contributed by atoms with Gasteiger partial charge in [-0.25, -0.2) is 8.78 Å². The van der Waals surface area contributed by atoms with Crippen molar-refractivity contribution in [2.75, 3.05) is 19.0 Å². The van der Waals surface area contributed by atoms with Crippen LogP contribution in [0.5, 0.6) is 5.75 Å².